The van der Waals surface area contributed by atoms with Gasteiger partial charge in [-0.1, -0.05) is 0 Å². The summed E-state index contributed by atoms with van der Waals surface area (Å²) in [7, 11) is 1.63. The molecule has 0 aromatic rings. The Kier molecular flexibility index (Phi) is 6.84. The molecule has 0 radical (unpaired) electrons. The summed E-state index contributed by atoms with van der Waals surface area (Å²) in [5, 5.41) is 6.79. The zero-order valence-corrected chi connectivity index (χ0v) is 10.9. The number of nitrogens with one attached hydrogen (secondary N) is 2. The number of amides is 1. The Bertz CT molecular complexity index is 208. The fraction of sp³-hybridized carbons (Fsp3) is 0.909. The van der Waals surface area contributed by atoms with Crippen molar-refractivity contribution in [3.05, 3.63) is 0 Å². The van der Waals surface area contributed by atoms with E-state index in [0.29, 0.717) is 18.4 Å². The third-order valence-corrected chi connectivity index (χ3v) is 4.07. The van der Waals surface area contributed by atoms with E-state index in [1.54, 1.807) is 7.11 Å². The van der Waals surface area contributed by atoms with Crippen LogP contribution in [0.25, 0.3) is 0 Å². The predicted molar refractivity (Wildman–Crippen MR) is 67.8 cm³/mol. The molecule has 94 valence electrons. The summed E-state index contributed by atoms with van der Waals surface area (Å²) in [6.45, 7) is 3.99. The van der Waals surface area contributed by atoms with Gasteiger partial charge in [0.1, 0.15) is 0 Å². The van der Waals surface area contributed by atoms with Crippen molar-refractivity contribution in [2.24, 2.45) is 0 Å². The Hall–Kier alpha value is -0.260. The Morgan fingerprint density at radius 3 is 3.06 bits per heavy atom. The zero-order chi connectivity index (χ0) is 11.8. The van der Waals surface area contributed by atoms with Gasteiger partial charge in [0.2, 0.25) is 5.91 Å². The lowest BCUT2D eigenvalue weighted by atomic mass is 10.2. The van der Waals surface area contributed by atoms with E-state index in [4.69, 9.17) is 4.74 Å². The van der Waals surface area contributed by atoms with Gasteiger partial charge in [0, 0.05) is 25.4 Å². The van der Waals surface area contributed by atoms with Crippen molar-refractivity contribution in [3.8, 4) is 0 Å². The van der Waals surface area contributed by atoms with Gasteiger partial charge in [-0.25, -0.2) is 0 Å². The maximum Gasteiger partial charge on any atom is 0.236 e. The van der Waals surface area contributed by atoms with Gasteiger partial charge in [-0.3, -0.25) is 4.79 Å². The van der Waals surface area contributed by atoms with E-state index in [-0.39, 0.29) is 11.9 Å². The van der Waals surface area contributed by atoms with Gasteiger partial charge in [0.15, 0.2) is 0 Å². The lowest BCUT2D eigenvalue weighted by Gasteiger charge is -2.16. The third kappa shape index (κ3) is 5.18. The Morgan fingerprint density at radius 1 is 1.62 bits per heavy atom. The van der Waals surface area contributed by atoms with Crippen molar-refractivity contribution < 1.29 is 9.53 Å². The van der Waals surface area contributed by atoms with Crippen LogP contribution in [0.1, 0.15) is 19.8 Å². The van der Waals surface area contributed by atoms with Crippen LogP contribution in [0.15, 0.2) is 0 Å². The molecule has 0 spiro atoms. The van der Waals surface area contributed by atoms with Gasteiger partial charge in [0.25, 0.3) is 0 Å². The second-order valence-electron chi connectivity index (χ2n) is 4.05. The third-order valence-electron chi connectivity index (χ3n) is 2.67. The molecule has 1 aliphatic heterocycles. The number of hydrogen-bond donors (Lipinski definition) is 2. The van der Waals surface area contributed by atoms with Crippen LogP contribution in [0.4, 0.5) is 0 Å². The van der Waals surface area contributed by atoms with Crippen LogP contribution < -0.4 is 10.6 Å². The van der Waals surface area contributed by atoms with E-state index in [0.717, 1.165) is 6.54 Å². The first-order valence-corrected chi connectivity index (χ1v) is 6.90. The first-order valence-electron chi connectivity index (χ1n) is 5.85. The van der Waals surface area contributed by atoms with Gasteiger partial charge >= 0.3 is 0 Å². The minimum atomic E-state index is -0.113. The molecule has 1 fully saturated rings. The van der Waals surface area contributed by atoms with Crippen LogP contribution in [0.5, 0.6) is 0 Å². The van der Waals surface area contributed by atoms with E-state index >= 15 is 0 Å². The number of hydrogen-bond acceptors (Lipinski definition) is 4. The molecular formula is C11H22N2O2S. The molecule has 1 heterocycles. The first-order chi connectivity index (χ1) is 7.74. The van der Waals surface area contributed by atoms with Crippen molar-refractivity contribution in [1.29, 1.82) is 0 Å². The number of thioether (sulfide) groups is 1. The minimum absolute atomic E-state index is 0.0556. The van der Waals surface area contributed by atoms with Crippen LogP contribution in [-0.4, -0.2) is 49.8 Å². The van der Waals surface area contributed by atoms with E-state index < -0.39 is 0 Å². The lowest BCUT2D eigenvalue weighted by Crippen LogP contribution is -2.44. The fourth-order valence-corrected chi connectivity index (χ4v) is 2.85. The molecule has 4 nitrogen and oxygen atoms in total. The van der Waals surface area contributed by atoms with E-state index in [2.05, 4.69) is 10.6 Å². The fourth-order valence-electron chi connectivity index (χ4n) is 1.64. The Morgan fingerprint density at radius 2 is 2.44 bits per heavy atom. The topological polar surface area (TPSA) is 50.4 Å². The van der Waals surface area contributed by atoms with Crippen molar-refractivity contribution in [2.75, 3.05) is 32.6 Å². The number of ether oxygens (including phenoxy) is 1. The normalized spacial score (nSPS) is 22.0. The molecule has 5 heteroatoms. The molecular weight excluding hydrogens is 224 g/mol. The number of carbonyl (C=O) groups excluding carboxylic acids is 1. The Balaban J connectivity index is 2.07. The summed E-state index contributed by atoms with van der Waals surface area (Å²) in [6, 6.07) is -0.113. The van der Waals surface area contributed by atoms with Crippen molar-refractivity contribution in [2.45, 2.75) is 31.1 Å². The number of methoxy groups -OCH3 is 1. The molecule has 16 heavy (non-hydrogen) atoms. The minimum Gasteiger partial charge on any atom is -0.383 e. The van der Waals surface area contributed by atoms with E-state index in [1.165, 1.54) is 18.6 Å². The lowest BCUT2D eigenvalue weighted by molar-refractivity contribution is -0.122. The molecule has 0 aromatic heterocycles. The average molecular weight is 246 g/mol. The van der Waals surface area contributed by atoms with Crippen LogP contribution in [0.3, 0.4) is 0 Å². The van der Waals surface area contributed by atoms with Gasteiger partial charge in [-0.05, 0) is 25.5 Å². The van der Waals surface area contributed by atoms with Crippen molar-refractivity contribution >= 4 is 17.7 Å². The molecule has 2 atom stereocenters. The van der Waals surface area contributed by atoms with Crippen LogP contribution in [-0.2, 0) is 9.53 Å². The van der Waals surface area contributed by atoms with E-state index in [9.17, 15) is 4.79 Å². The maximum atomic E-state index is 11.6. The largest absolute Gasteiger partial charge is 0.383 e. The number of carbonyl (C=O) groups is 1. The Labute approximate surface area is 102 Å². The van der Waals surface area contributed by atoms with Crippen LogP contribution in [0.2, 0.25) is 0 Å². The summed E-state index contributed by atoms with van der Waals surface area (Å²) < 4.78 is 4.87. The van der Waals surface area contributed by atoms with E-state index in [1.807, 2.05) is 18.7 Å². The molecule has 1 aliphatic rings. The second kappa shape index (κ2) is 7.92. The first kappa shape index (κ1) is 13.8. The summed E-state index contributed by atoms with van der Waals surface area (Å²) in [6.07, 6.45) is 2.58. The van der Waals surface area contributed by atoms with Crippen LogP contribution >= 0.6 is 11.8 Å². The van der Waals surface area contributed by atoms with Gasteiger partial charge in [0.05, 0.1) is 12.6 Å². The molecule has 0 bridgehead atoms. The highest BCUT2D eigenvalue weighted by molar-refractivity contribution is 8.00. The standard InChI is InChI=1S/C11H22N2O2S/c1-9(11(14)12-5-6-15-2)13-8-10-4-3-7-16-10/h9-10,13H,3-8H2,1-2H3,(H,12,14). The van der Waals surface area contributed by atoms with Gasteiger partial charge in [-0.15, -0.1) is 0 Å². The van der Waals surface area contributed by atoms with Crippen LogP contribution in [0, 0.1) is 0 Å². The monoisotopic (exact) mass is 246 g/mol. The van der Waals surface area contributed by atoms with Gasteiger partial charge in [-0.2, -0.15) is 11.8 Å². The maximum absolute atomic E-state index is 11.6. The molecule has 2 unspecified atom stereocenters. The average Bonchev–Trinajstić information content (AvgIpc) is 2.79. The second-order valence-corrected chi connectivity index (χ2v) is 5.46. The van der Waals surface area contributed by atoms with Crippen molar-refractivity contribution in [3.63, 3.8) is 0 Å². The van der Waals surface area contributed by atoms with Gasteiger partial charge < -0.3 is 15.4 Å². The highest BCUT2D eigenvalue weighted by Gasteiger charge is 2.18. The molecule has 1 amide bonds. The zero-order valence-electron chi connectivity index (χ0n) is 10.1. The SMILES string of the molecule is COCCNC(=O)C(C)NCC1CCCS1. The van der Waals surface area contributed by atoms with Crippen molar-refractivity contribution in [1.82, 2.24) is 10.6 Å². The molecule has 0 aromatic carbocycles. The summed E-state index contributed by atoms with van der Waals surface area (Å²) in [5.41, 5.74) is 0. The highest BCUT2D eigenvalue weighted by Crippen LogP contribution is 2.25. The number of rotatable bonds is 7. The molecule has 1 rings (SSSR count). The summed E-state index contributed by atoms with van der Waals surface area (Å²) >= 11 is 2.00. The molecule has 0 saturated carbocycles. The summed E-state index contributed by atoms with van der Waals surface area (Å²) in [5.74, 6) is 1.32. The predicted octanol–water partition coefficient (Wildman–Crippen LogP) is 0.623. The quantitative estimate of drug-likeness (QED) is 0.647. The molecule has 2 N–H and O–H groups in total. The molecule has 0 aliphatic carbocycles. The smallest absolute Gasteiger partial charge is 0.236 e. The molecule has 1 saturated heterocycles. The summed E-state index contributed by atoms with van der Waals surface area (Å²) in [4.78, 5) is 11.6. The highest BCUT2D eigenvalue weighted by atomic mass is 32.2.